The van der Waals surface area contributed by atoms with Gasteiger partial charge in [0, 0.05) is 12.1 Å². The lowest BCUT2D eigenvalue weighted by molar-refractivity contribution is 0.0955. The van der Waals surface area contributed by atoms with Crippen LogP contribution in [0.2, 0.25) is 5.02 Å². The Balaban J connectivity index is 1.99. The monoisotopic (exact) mass is 300 g/mol. The van der Waals surface area contributed by atoms with Crippen LogP contribution in [0.25, 0.3) is 0 Å². The van der Waals surface area contributed by atoms with Crippen molar-refractivity contribution in [3.05, 3.63) is 70.2 Å². The molecule has 0 saturated heterocycles. The van der Waals surface area contributed by atoms with Crippen LogP contribution in [0.1, 0.15) is 34.3 Å². The summed E-state index contributed by atoms with van der Waals surface area (Å²) < 4.78 is 0. The van der Waals surface area contributed by atoms with Gasteiger partial charge in [-0.25, -0.2) is 5.43 Å². The minimum atomic E-state index is -0.309. The summed E-state index contributed by atoms with van der Waals surface area (Å²) in [5.41, 5.74) is 5.08. The molecule has 1 amide bonds. The number of benzene rings is 2. The minimum absolute atomic E-state index is 0.125. The molecule has 0 radical (unpaired) electrons. The van der Waals surface area contributed by atoms with Crippen LogP contribution in [0, 0.1) is 6.92 Å². The normalized spacial score (nSPS) is 12.3. The quantitative estimate of drug-likeness (QED) is 0.668. The van der Waals surface area contributed by atoms with Gasteiger partial charge in [-0.05, 0) is 30.2 Å². The molecule has 2 rings (SSSR count). The average Bonchev–Trinajstić information content (AvgIpc) is 2.47. The first-order valence-electron chi connectivity index (χ1n) is 6.72. The van der Waals surface area contributed by atoms with Gasteiger partial charge in [0.1, 0.15) is 0 Å². The first-order valence-corrected chi connectivity index (χ1v) is 7.10. The smallest absolute Gasteiger partial charge is 0.267 e. The van der Waals surface area contributed by atoms with Gasteiger partial charge in [0.25, 0.3) is 5.91 Å². The molecule has 108 valence electrons. The molecule has 0 aromatic heterocycles. The number of hydrogen-bond acceptors (Lipinski definition) is 2. The molecule has 0 aliphatic carbocycles. The first-order chi connectivity index (χ1) is 10.1. The fourth-order valence-electron chi connectivity index (χ4n) is 1.91. The van der Waals surface area contributed by atoms with Gasteiger partial charge < -0.3 is 0 Å². The minimum Gasteiger partial charge on any atom is -0.267 e. The maximum atomic E-state index is 12.0. The molecule has 0 spiro atoms. The van der Waals surface area contributed by atoms with Crippen LogP contribution in [0.5, 0.6) is 0 Å². The van der Waals surface area contributed by atoms with E-state index in [-0.39, 0.29) is 11.8 Å². The zero-order valence-electron chi connectivity index (χ0n) is 12.0. The topological polar surface area (TPSA) is 41.5 Å². The van der Waals surface area contributed by atoms with E-state index in [4.69, 9.17) is 11.6 Å². The Morgan fingerprint density at radius 3 is 2.62 bits per heavy atom. The second-order valence-corrected chi connectivity index (χ2v) is 5.31. The van der Waals surface area contributed by atoms with Crippen molar-refractivity contribution in [3.8, 4) is 0 Å². The molecule has 2 aromatic carbocycles. The third-order valence-electron chi connectivity index (χ3n) is 3.16. The Hall–Kier alpha value is -2.13. The molecule has 1 atom stereocenters. The molecule has 1 unspecified atom stereocenters. The average molecular weight is 301 g/mol. The van der Waals surface area contributed by atoms with Crippen molar-refractivity contribution in [2.75, 3.05) is 0 Å². The van der Waals surface area contributed by atoms with Crippen molar-refractivity contribution < 1.29 is 4.79 Å². The highest BCUT2D eigenvalue weighted by Crippen LogP contribution is 2.17. The van der Waals surface area contributed by atoms with E-state index in [1.165, 1.54) is 0 Å². The molecule has 0 bridgehead atoms. The zero-order valence-corrected chi connectivity index (χ0v) is 12.8. The number of rotatable bonds is 4. The number of aryl methyl sites for hydroxylation is 1. The van der Waals surface area contributed by atoms with E-state index in [2.05, 4.69) is 10.5 Å². The van der Waals surface area contributed by atoms with Crippen molar-refractivity contribution in [1.82, 2.24) is 5.43 Å². The first kappa shape index (κ1) is 15.3. The van der Waals surface area contributed by atoms with Gasteiger partial charge >= 0.3 is 0 Å². The van der Waals surface area contributed by atoms with Crippen LogP contribution in [-0.2, 0) is 0 Å². The molecule has 3 nitrogen and oxygen atoms in total. The number of nitrogens with one attached hydrogen (secondary N) is 1. The molecule has 0 aliphatic rings. The Morgan fingerprint density at radius 1 is 1.24 bits per heavy atom. The van der Waals surface area contributed by atoms with Crippen molar-refractivity contribution in [2.24, 2.45) is 5.10 Å². The van der Waals surface area contributed by atoms with Crippen LogP contribution < -0.4 is 5.43 Å². The van der Waals surface area contributed by atoms with E-state index in [0.29, 0.717) is 10.6 Å². The van der Waals surface area contributed by atoms with Crippen molar-refractivity contribution >= 4 is 23.7 Å². The Morgan fingerprint density at radius 2 is 1.95 bits per heavy atom. The maximum absolute atomic E-state index is 12.0. The summed E-state index contributed by atoms with van der Waals surface area (Å²) in [6.45, 7) is 3.94. The third-order valence-corrected chi connectivity index (χ3v) is 3.47. The number of hydrazone groups is 1. The summed E-state index contributed by atoms with van der Waals surface area (Å²) in [5.74, 6) is -0.184. The predicted octanol–water partition coefficient (Wildman–Crippen LogP) is 4.17. The number of carbonyl (C=O) groups is 1. The Bertz CT molecular complexity index is 653. The van der Waals surface area contributed by atoms with Crippen LogP contribution in [-0.4, -0.2) is 12.1 Å². The van der Waals surface area contributed by atoms with Gasteiger partial charge in [-0.15, -0.1) is 0 Å². The van der Waals surface area contributed by atoms with E-state index < -0.39 is 0 Å². The van der Waals surface area contributed by atoms with Gasteiger partial charge in [-0.1, -0.05) is 54.9 Å². The fourth-order valence-corrected chi connectivity index (χ4v) is 2.24. The van der Waals surface area contributed by atoms with E-state index in [1.807, 2.05) is 50.2 Å². The van der Waals surface area contributed by atoms with E-state index in [0.717, 1.165) is 11.1 Å². The van der Waals surface area contributed by atoms with Crippen molar-refractivity contribution in [1.29, 1.82) is 0 Å². The number of amides is 1. The molecule has 0 saturated carbocycles. The van der Waals surface area contributed by atoms with E-state index in [1.54, 1.807) is 18.3 Å². The number of hydrogen-bond donors (Lipinski definition) is 1. The van der Waals surface area contributed by atoms with Gasteiger partial charge in [-0.2, -0.15) is 5.10 Å². The lowest BCUT2D eigenvalue weighted by Gasteiger charge is -2.06. The van der Waals surface area contributed by atoms with Crippen molar-refractivity contribution in [3.63, 3.8) is 0 Å². The van der Waals surface area contributed by atoms with Crippen LogP contribution in [0.3, 0.4) is 0 Å². The summed E-state index contributed by atoms with van der Waals surface area (Å²) in [4.78, 5) is 12.0. The fraction of sp³-hybridized carbons (Fsp3) is 0.176. The molecular formula is C17H17ClN2O. The van der Waals surface area contributed by atoms with Crippen LogP contribution in [0.4, 0.5) is 0 Å². The third kappa shape index (κ3) is 4.17. The maximum Gasteiger partial charge on any atom is 0.272 e. The summed E-state index contributed by atoms with van der Waals surface area (Å²) in [7, 11) is 0. The molecule has 0 heterocycles. The Kier molecular flexibility index (Phi) is 5.12. The SMILES string of the molecule is Cc1ccc(C(=O)NN=CC(C)c2ccccc2)c(Cl)c1. The highest BCUT2D eigenvalue weighted by atomic mass is 35.5. The van der Waals surface area contributed by atoms with Gasteiger partial charge in [0.05, 0.1) is 10.6 Å². The molecule has 0 aliphatic heterocycles. The lowest BCUT2D eigenvalue weighted by Crippen LogP contribution is -2.18. The zero-order chi connectivity index (χ0) is 15.2. The van der Waals surface area contributed by atoms with E-state index >= 15 is 0 Å². The van der Waals surface area contributed by atoms with E-state index in [9.17, 15) is 4.79 Å². The molecule has 21 heavy (non-hydrogen) atoms. The summed E-state index contributed by atoms with van der Waals surface area (Å²) in [5, 5.41) is 4.43. The second kappa shape index (κ2) is 7.04. The highest BCUT2D eigenvalue weighted by molar-refractivity contribution is 6.33. The molecule has 2 aromatic rings. The number of halogens is 1. The molecule has 0 fully saturated rings. The molecular weight excluding hydrogens is 284 g/mol. The van der Waals surface area contributed by atoms with Crippen molar-refractivity contribution in [2.45, 2.75) is 19.8 Å². The highest BCUT2D eigenvalue weighted by Gasteiger charge is 2.09. The molecule has 1 N–H and O–H groups in total. The number of carbonyl (C=O) groups excluding carboxylic acids is 1. The summed E-state index contributed by atoms with van der Waals surface area (Å²) in [6.07, 6.45) is 1.70. The second-order valence-electron chi connectivity index (χ2n) is 4.90. The standard InChI is InChI=1S/C17H17ClN2O/c1-12-8-9-15(16(18)10-12)17(21)20-19-11-13(2)14-6-4-3-5-7-14/h3-11,13H,1-2H3,(H,20,21). The van der Waals surface area contributed by atoms with Crippen LogP contribution >= 0.6 is 11.6 Å². The predicted molar refractivity (Wildman–Crippen MR) is 87.0 cm³/mol. The molecule has 4 heteroatoms. The van der Waals surface area contributed by atoms with Gasteiger partial charge in [-0.3, -0.25) is 4.79 Å². The van der Waals surface area contributed by atoms with Gasteiger partial charge in [0.15, 0.2) is 0 Å². The lowest BCUT2D eigenvalue weighted by atomic mass is 10.0. The summed E-state index contributed by atoms with van der Waals surface area (Å²) >= 11 is 6.05. The van der Waals surface area contributed by atoms with Gasteiger partial charge in [0.2, 0.25) is 0 Å². The van der Waals surface area contributed by atoms with Crippen LogP contribution in [0.15, 0.2) is 53.6 Å². The number of nitrogens with zero attached hydrogens (tertiary/aromatic N) is 1. The largest absolute Gasteiger partial charge is 0.272 e. The summed E-state index contributed by atoms with van der Waals surface area (Å²) in [6, 6.07) is 15.3. The Labute approximate surface area is 129 Å².